The van der Waals surface area contributed by atoms with Gasteiger partial charge in [-0.05, 0) is 0 Å². The zero-order chi connectivity index (χ0) is 7.56. The van der Waals surface area contributed by atoms with Gasteiger partial charge in [-0.2, -0.15) is 0 Å². The molecule has 4 heteroatoms. The number of rotatable bonds is 1. The molecule has 0 aliphatic carbocycles. The van der Waals surface area contributed by atoms with Crippen molar-refractivity contribution in [3.63, 3.8) is 0 Å². The van der Waals surface area contributed by atoms with E-state index in [0.29, 0.717) is 0 Å². The van der Waals surface area contributed by atoms with E-state index in [1.807, 2.05) is 0 Å². The van der Waals surface area contributed by atoms with E-state index in [-0.39, 0.29) is 19.1 Å². The summed E-state index contributed by atoms with van der Waals surface area (Å²) in [6.45, 7) is 0.263. The minimum absolute atomic E-state index is 0.235. The number of ether oxygens (including phenoxy) is 2. The second-order valence-corrected chi connectivity index (χ2v) is 2.37. The van der Waals surface area contributed by atoms with Gasteiger partial charge < -0.3 is 19.7 Å². The molecule has 1 heterocycles. The molecule has 1 rings (SSSR count). The van der Waals surface area contributed by atoms with Crippen LogP contribution in [0.1, 0.15) is 6.42 Å². The largest absolute Gasteiger partial charge is 0.390 e. The van der Waals surface area contributed by atoms with Gasteiger partial charge in [-0.25, -0.2) is 0 Å². The van der Waals surface area contributed by atoms with Crippen LogP contribution >= 0.6 is 0 Å². The van der Waals surface area contributed by atoms with Crippen LogP contribution in [0.4, 0.5) is 0 Å². The number of hydrogen-bond donors (Lipinski definition) is 2. The summed E-state index contributed by atoms with van der Waals surface area (Å²) in [7, 11) is 1.51. The third kappa shape index (κ3) is 1.67. The first-order valence-electron chi connectivity index (χ1n) is 3.24. The van der Waals surface area contributed by atoms with E-state index < -0.39 is 12.4 Å². The Morgan fingerprint density at radius 2 is 2.20 bits per heavy atom. The number of aliphatic hydroxyl groups excluding tert-OH is 2. The summed E-state index contributed by atoms with van der Waals surface area (Å²) in [6, 6.07) is 0. The highest BCUT2D eigenvalue weighted by molar-refractivity contribution is 4.73. The number of aliphatic hydroxyl groups is 2. The molecule has 0 aromatic carbocycles. The van der Waals surface area contributed by atoms with Gasteiger partial charge in [-0.1, -0.05) is 0 Å². The fraction of sp³-hybridized carbons (Fsp3) is 1.00. The Hall–Kier alpha value is -0.160. The van der Waals surface area contributed by atoms with E-state index in [2.05, 4.69) is 0 Å². The van der Waals surface area contributed by atoms with Crippen LogP contribution in [0.3, 0.4) is 0 Å². The molecule has 3 atom stereocenters. The molecule has 0 saturated carbocycles. The average Bonchev–Trinajstić information content (AvgIpc) is 1.88. The van der Waals surface area contributed by atoms with Gasteiger partial charge in [0.15, 0.2) is 6.29 Å². The molecule has 10 heavy (non-hydrogen) atoms. The second-order valence-electron chi connectivity index (χ2n) is 2.37. The number of hydrogen-bond acceptors (Lipinski definition) is 4. The van der Waals surface area contributed by atoms with Gasteiger partial charge in [0.25, 0.3) is 0 Å². The normalized spacial score (nSPS) is 41.7. The van der Waals surface area contributed by atoms with Crippen molar-refractivity contribution in [3.8, 4) is 0 Å². The molecule has 1 aliphatic heterocycles. The lowest BCUT2D eigenvalue weighted by molar-refractivity contribution is -0.200. The summed E-state index contributed by atoms with van der Waals surface area (Å²) in [5, 5.41) is 18.0. The molecule has 1 fully saturated rings. The van der Waals surface area contributed by atoms with Crippen LogP contribution in [0, 0.1) is 0 Å². The van der Waals surface area contributed by atoms with Gasteiger partial charge in [0.1, 0.15) is 6.10 Å². The lowest BCUT2D eigenvalue weighted by Crippen LogP contribution is -2.42. The van der Waals surface area contributed by atoms with Crippen molar-refractivity contribution in [3.05, 3.63) is 0 Å². The Morgan fingerprint density at radius 1 is 1.50 bits per heavy atom. The van der Waals surface area contributed by atoms with Crippen LogP contribution in [-0.2, 0) is 9.47 Å². The van der Waals surface area contributed by atoms with Crippen molar-refractivity contribution < 1.29 is 19.7 Å². The molecular weight excluding hydrogens is 136 g/mol. The maximum absolute atomic E-state index is 9.17. The van der Waals surface area contributed by atoms with Crippen LogP contribution in [0.25, 0.3) is 0 Å². The third-order valence-electron chi connectivity index (χ3n) is 1.63. The molecule has 0 radical (unpaired) electrons. The summed E-state index contributed by atoms with van der Waals surface area (Å²) >= 11 is 0. The van der Waals surface area contributed by atoms with Crippen LogP contribution in [0.2, 0.25) is 0 Å². The molecule has 1 aliphatic rings. The van der Waals surface area contributed by atoms with Crippen molar-refractivity contribution in [2.45, 2.75) is 24.9 Å². The Kier molecular flexibility index (Phi) is 2.62. The SMILES string of the molecule is CO[C@H]1CO[C@H](O)C[C@@H]1O. The summed E-state index contributed by atoms with van der Waals surface area (Å²) in [4.78, 5) is 0. The standard InChI is InChI=1S/C6H12O4/c1-9-5-3-10-6(8)2-4(5)7/h4-8H,2-3H2,1H3/t4-,5-,6-/m0/s1. The van der Waals surface area contributed by atoms with Gasteiger partial charge in [0.2, 0.25) is 0 Å². The molecule has 2 N–H and O–H groups in total. The maximum Gasteiger partial charge on any atom is 0.157 e. The van der Waals surface area contributed by atoms with Crippen LogP contribution in [0.15, 0.2) is 0 Å². The van der Waals surface area contributed by atoms with Gasteiger partial charge >= 0.3 is 0 Å². The van der Waals surface area contributed by atoms with E-state index in [0.717, 1.165) is 0 Å². The summed E-state index contributed by atoms with van der Waals surface area (Å²) in [5.41, 5.74) is 0. The fourth-order valence-corrected chi connectivity index (χ4v) is 0.969. The smallest absolute Gasteiger partial charge is 0.157 e. The fourth-order valence-electron chi connectivity index (χ4n) is 0.969. The highest BCUT2D eigenvalue weighted by Gasteiger charge is 2.28. The first kappa shape index (κ1) is 7.94. The van der Waals surface area contributed by atoms with Gasteiger partial charge in [-0.3, -0.25) is 0 Å². The Labute approximate surface area is 59.4 Å². The van der Waals surface area contributed by atoms with Crippen LogP contribution in [-0.4, -0.2) is 42.4 Å². The topological polar surface area (TPSA) is 58.9 Å². The number of methoxy groups -OCH3 is 1. The van der Waals surface area contributed by atoms with E-state index in [1.165, 1.54) is 7.11 Å². The van der Waals surface area contributed by atoms with E-state index >= 15 is 0 Å². The zero-order valence-corrected chi connectivity index (χ0v) is 5.86. The van der Waals surface area contributed by atoms with Crippen molar-refractivity contribution >= 4 is 0 Å². The molecule has 1 saturated heterocycles. The molecule has 0 amide bonds. The Balaban J connectivity index is 2.36. The van der Waals surface area contributed by atoms with Crippen molar-refractivity contribution in [1.82, 2.24) is 0 Å². The summed E-state index contributed by atoms with van der Waals surface area (Å²) in [6.07, 6.45) is -1.49. The first-order valence-corrected chi connectivity index (χ1v) is 3.24. The molecule has 0 spiro atoms. The first-order chi connectivity index (χ1) is 4.74. The van der Waals surface area contributed by atoms with Gasteiger partial charge in [0.05, 0.1) is 12.7 Å². The molecule has 4 nitrogen and oxygen atoms in total. The third-order valence-corrected chi connectivity index (χ3v) is 1.63. The molecule has 0 aromatic rings. The molecule has 0 unspecified atom stereocenters. The van der Waals surface area contributed by atoms with E-state index in [9.17, 15) is 5.11 Å². The minimum Gasteiger partial charge on any atom is -0.390 e. The molecule has 0 bridgehead atoms. The van der Waals surface area contributed by atoms with Crippen molar-refractivity contribution in [2.75, 3.05) is 13.7 Å². The lowest BCUT2D eigenvalue weighted by atomic mass is 10.1. The second kappa shape index (κ2) is 3.30. The predicted molar refractivity (Wildman–Crippen MR) is 33.4 cm³/mol. The highest BCUT2D eigenvalue weighted by Crippen LogP contribution is 2.13. The van der Waals surface area contributed by atoms with Crippen LogP contribution in [0.5, 0.6) is 0 Å². The minimum atomic E-state index is -0.832. The summed E-state index contributed by atoms with van der Waals surface area (Å²) in [5.74, 6) is 0. The summed E-state index contributed by atoms with van der Waals surface area (Å²) < 4.78 is 9.69. The predicted octanol–water partition coefficient (Wildman–Crippen LogP) is -0.899. The lowest BCUT2D eigenvalue weighted by Gasteiger charge is -2.29. The monoisotopic (exact) mass is 148 g/mol. The Morgan fingerprint density at radius 3 is 2.70 bits per heavy atom. The van der Waals surface area contributed by atoms with Crippen LogP contribution < -0.4 is 0 Å². The molecule has 0 aromatic heterocycles. The van der Waals surface area contributed by atoms with Crippen molar-refractivity contribution in [2.24, 2.45) is 0 Å². The van der Waals surface area contributed by atoms with Gasteiger partial charge in [-0.15, -0.1) is 0 Å². The van der Waals surface area contributed by atoms with Crippen molar-refractivity contribution in [1.29, 1.82) is 0 Å². The van der Waals surface area contributed by atoms with E-state index in [1.54, 1.807) is 0 Å². The highest BCUT2D eigenvalue weighted by atomic mass is 16.6. The quantitative estimate of drug-likeness (QED) is 0.506. The van der Waals surface area contributed by atoms with Gasteiger partial charge in [0, 0.05) is 13.5 Å². The Bertz CT molecular complexity index is 106. The maximum atomic E-state index is 9.17. The molecular formula is C6H12O4. The van der Waals surface area contributed by atoms with E-state index in [4.69, 9.17) is 14.6 Å². The zero-order valence-electron chi connectivity index (χ0n) is 5.86. The average molecular weight is 148 g/mol. The molecule has 60 valence electrons.